The third-order valence-corrected chi connectivity index (χ3v) is 9.21. The van der Waals surface area contributed by atoms with Crippen molar-refractivity contribution in [2.24, 2.45) is 0 Å². The van der Waals surface area contributed by atoms with Crippen LogP contribution in [0.25, 0.3) is 0 Å². The Labute approximate surface area is 199 Å². The summed E-state index contributed by atoms with van der Waals surface area (Å²) in [6.45, 7) is 16.0. The Bertz CT molecular complexity index is 1090. The summed E-state index contributed by atoms with van der Waals surface area (Å²) in [6.07, 6.45) is 0. The van der Waals surface area contributed by atoms with Gasteiger partial charge in [-0.15, -0.1) is 0 Å². The molecule has 0 unspecified atom stereocenters. The molecule has 0 N–H and O–H groups in total. The van der Waals surface area contributed by atoms with Crippen LogP contribution in [0, 0.1) is 34.6 Å². The molecule has 0 saturated carbocycles. The van der Waals surface area contributed by atoms with E-state index >= 15 is 0 Å². The quantitative estimate of drug-likeness (QED) is 0.640. The lowest BCUT2D eigenvalue weighted by atomic mass is 9.95. The van der Waals surface area contributed by atoms with E-state index in [0.29, 0.717) is 31.1 Å². The molecule has 1 fully saturated rings. The number of amides is 1. The van der Waals surface area contributed by atoms with Gasteiger partial charge >= 0.3 is 0 Å². The molecule has 1 aliphatic rings. The average Bonchev–Trinajstić information content (AvgIpc) is 2.77. The Morgan fingerprint density at radius 2 is 1.33 bits per heavy atom. The van der Waals surface area contributed by atoms with Crippen molar-refractivity contribution in [2.45, 2.75) is 59.4 Å². The minimum Gasteiger partial charge on any atom is -0.309 e. The van der Waals surface area contributed by atoms with Gasteiger partial charge in [0.15, 0.2) is 0 Å². The summed E-state index contributed by atoms with van der Waals surface area (Å²) >= 11 is 0. The van der Waals surface area contributed by atoms with Crippen LogP contribution >= 0.6 is 0 Å². The van der Waals surface area contributed by atoms with Crippen molar-refractivity contribution in [2.75, 3.05) is 37.6 Å². The van der Waals surface area contributed by atoms with Gasteiger partial charge in [0.2, 0.25) is 15.9 Å². The van der Waals surface area contributed by atoms with Gasteiger partial charge in [-0.2, -0.15) is 4.31 Å². The topological polar surface area (TPSA) is 60.9 Å². The summed E-state index contributed by atoms with van der Waals surface area (Å²) in [5.74, 6) is 0.0315. The van der Waals surface area contributed by atoms with E-state index < -0.39 is 10.0 Å². The van der Waals surface area contributed by atoms with Crippen molar-refractivity contribution >= 4 is 21.6 Å². The monoisotopic (exact) mass is 471 g/mol. The molecule has 0 bridgehead atoms. The van der Waals surface area contributed by atoms with Gasteiger partial charge in [0, 0.05) is 37.9 Å². The maximum atomic E-state index is 13.6. The van der Waals surface area contributed by atoms with Gasteiger partial charge < -0.3 is 4.90 Å². The van der Waals surface area contributed by atoms with Crippen LogP contribution in [0.2, 0.25) is 0 Å². The lowest BCUT2D eigenvalue weighted by Gasteiger charge is -2.36. The van der Waals surface area contributed by atoms with Gasteiger partial charge in [-0.3, -0.25) is 9.69 Å². The second-order valence-electron chi connectivity index (χ2n) is 9.33. The fourth-order valence-corrected chi connectivity index (χ4v) is 6.68. The number of rotatable bonds is 6. The fraction of sp³-hybridized carbons (Fsp3) is 0.500. The number of nitrogens with zero attached hydrogens (tertiary/aromatic N) is 3. The Kier molecular flexibility index (Phi) is 7.66. The highest BCUT2D eigenvalue weighted by atomic mass is 32.2. The zero-order valence-corrected chi connectivity index (χ0v) is 21.8. The van der Waals surface area contributed by atoms with E-state index in [0.717, 1.165) is 33.5 Å². The van der Waals surface area contributed by atoms with Crippen LogP contribution in [0.5, 0.6) is 0 Å². The first-order chi connectivity index (χ1) is 15.5. The molecule has 1 saturated heterocycles. The molecular formula is C26H37N3O3S. The second kappa shape index (κ2) is 9.95. The molecule has 0 atom stereocenters. The van der Waals surface area contributed by atoms with Gasteiger partial charge in [0.1, 0.15) is 0 Å². The second-order valence-corrected chi connectivity index (χ2v) is 11.2. The highest BCUT2D eigenvalue weighted by Crippen LogP contribution is 2.32. The first-order valence-electron chi connectivity index (χ1n) is 11.6. The molecule has 2 aromatic carbocycles. The van der Waals surface area contributed by atoms with Crippen molar-refractivity contribution in [3.63, 3.8) is 0 Å². The van der Waals surface area contributed by atoms with Gasteiger partial charge in [-0.25, -0.2) is 8.42 Å². The third-order valence-electron chi connectivity index (χ3n) is 7.04. The van der Waals surface area contributed by atoms with E-state index in [1.807, 2.05) is 83.7 Å². The Hall–Kier alpha value is -2.22. The first kappa shape index (κ1) is 25.4. The Morgan fingerprint density at radius 3 is 1.82 bits per heavy atom. The molecule has 7 heteroatoms. The van der Waals surface area contributed by atoms with Crippen LogP contribution in [-0.2, 0) is 14.8 Å². The fourth-order valence-electron chi connectivity index (χ4n) is 4.70. The Balaban J connectivity index is 1.73. The zero-order chi connectivity index (χ0) is 24.5. The number of hydrogen-bond donors (Lipinski definition) is 0. The van der Waals surface area contributed by atoms with Crippen LogP contribution in [0.15, 0.2) is 35.2 Å². The van der Waals surface area contributed by atoms with Crippen molar-refractivity contribution in [1.29, 1.82) is 0 Å². The van der Waals surface area contributed by atoms with Crippen LogP contribution in [0.4, 0.5) is 5.69 Å². The number of carbonyl (C=O) groups excluding carboxylic acids is 1. The maximum Gasteiger partial charge on any atom is 0.243 e. The molecule has 1 heterocycles. The van der Waals surface area contributed by atoms with E-state index in [9.17, 15) is 13.2 Å². The number of carbonyl (C=O) groups is 1. The molecule has 3 rings (SSSR count). The standard InChI is InChI=1S/C26H37N3O3S/c1-18(2)29(24-11-9-8-10-12-24)25(30)17-27-13-15-28(16-14-27)33(31,32)26-22(6)20(4)19(3)21(5)23(26)7/h8-12,18H,13-17H2,1-7H3. The van der Waals surface area contributed by atoms with Crippen LogP contribution in [0.3, 0.4) is 0 Å². The summed E-state index contributed by atoms with van der Waals surface area (Å²) in [5.41, 5.74) is 5.79. The number of sulfonamides is 1. The van der Waals surface area contributed by atoms with Gasteiger partial charge in [-0.1, -0.05) is 18.2 Å². The van der Waals surface area contributed by atoms with E-state index in [1.165, 1.54) is 0 Å². The number of anilines is 1. The number of benzene rings is 2. The summed E-state index contributed by atoms with van der Waals surface area (Å²) in [6, 6.07) is 9.73. The van der Waals surface area contributed by atoms with Crippen molar-refractivity contribution in [1.82, 2.24) is 9.21 Å². The van der Waals surface area contributed by atoms with E-state index in [1.54, 1.807) is 4.31 Å². The first-order valence-corrected chi connectivity index (χ1v) is 13.1. The molecule has 0 aliphatic carbocycles. The number of para-hydroxylation sites is 1. The smallest absolute Gasteiger partial charge is 0.243 e. The van der Waals surface area contributed by atoms with E-state index in [4.69, 9.17) is 0 Å². The summed E-state index contributed by atoms with van der Waals surface area (Å²) in [7, 11) is -3.60. The summed E-state index contributed by atoms with van der Waals surface area (Å²) in [4.78, 5) is 17.4. The van der Waals surface area contributed by atoms with Crippen molar-refractivity contribution in [3.05, 3.63) is 58.1 Å². The zero-order valence-electron chi connectivity index (χ0n) is 21.0. The van der Waals surface area contributed by atoms with E-state index in [-0.39, 0.29) is 18.5 Å². The number of piperazine rings is 1. The van der Waals surface area contributed by atoms with Crippen molar-refractivity contribution < 1.29 is 13.2 Å². The molecule has 1 amide bonds. The molecule has 2 aromatic rings. The SMILES string of the molecule is Cc1c(C)c(C)c(S(=O)(=O)N2CCN(CC(=O)N(c3ccccc3)C(C)C)CC2)c(C)c1C. The maximum absolute atomic E-state index is 13.6. The molecule has 0 radical (unpaired) electrons. The third kappa shape index (κ3) is 5.00. The molecule has 0 aromatic heterocycles. The van der Waals surface area contributed by atoms with E-state index in [2.05, 4.69) is 4.90 Å². The van der Waals surface area contributed by atoms with Gasteiger partial charge in [0.25, 0.3) is 0 Å². The normalized spacial score (nSPS) is 15.8. The van der Waals surface area contributed by atoms with Gasteiger partial charge in [0.05, 0.1) is 11.4 Å². The summed E-state index contributed by atoms with van der Waals surface area (Å²) < 4.78 is 28.8. The minimum atomic E-state index is -3.60. The molecule has 180 valence electrons. The van der Waals surface area contributed by atoms with Crippen molar-refractivity contribution in [3.8, 4) is 0 Å². The highest BCUT2D eigenvalue weighted by molar-refractivity contribution is 7.89. The molecule has 1 aliphatic heterocycles. The largest absolute Gasteiger partial charge is 0.309 e. The summed E-state index contributed by atoms with van der Waals surface area (Å²) in [5, 5.41) is 0. The van der Waals surface area contributed by atoms with Crippen LogP contribution < -0.4 is 4.90 Å². The average molecular weight is 472 g/mol. The lowest BCUT2D eigenvalue weighted by molar-refractivity contribution is -0.120. The molecule has 33 heavy (non-hydrogen) atoms. The number of hydrogen-bond acceptors (Lipinski definition) is 4. The van der Waals surface area contributed by atoms with Crippen LogP contribution in [0.1, 0.15) is 41.7 Å². The minimum absolute atomic E-state index is 0.0315. The Morgan fingerprint density at radius 1 is 0.848 bits per heavy atom. The highest BCUT2D eigenvalue weighted by Gasteiger charge is 2.33. The predicted molar refractivity (Wildman–Crippen MR) is 134 cm³/mol. The predicted octanol–water partition coefficient (Wildman–Crippen LogP) is 3.98. The van der Waals surface area contributed by atoms with Gasteiger partial charge in [-0.05, 0) is 88.4 Å². The molecular weight excluding hydrogens is 434 g/mol. The molecule has 0 spiro atoms. The van der Waals surface area contributed by atoms with Crippen LogP contribution in [-0.4, -0.2) is 62.3 Å². The lowest BCUT2D eigenvalue weighted by Crippen LogP contribution is -2.52. The molecule has 6 nitrogen and oxygen atoms in total.